The van der Waals surface area contributed by atoms with Crippen molar-refractivity contribution in [2.75, 3.05) is 32.4 Å². The fraction of sp³-hybridized carbons (Fsp3) is 0.263. The first-order chi connectivity index (χ1) is 13.1. The highest BCUT2D eigenvalue weighted by molar-refractivity contribution is 7.99. The molecule has 1 aromatic heterocycles. The lowest BCUT2D eigenvalue weighted by molar-refractivity contribution is -0.115. The SMILES string of the molecule is COc1ccc(SCCC(=O)Nc2nc3c(OC)ccc(OC)c3s2)cc1. The van der Waals surface area contributed by atoms with Crippen LogP contribution < -0.4 is 19.5 Å². The number of thiazole rings is 1. The van der Waals surface area contributed by atoms with Crippen LogP contribution in [-0.2, 0) is 4.79 Å². The first kappa shape index (κ1) is 19.3. The Kier molecular flexibility index (Phi) is 6.41. The van der Waals surface area contributed by atoms with Crippen LogP contribution in [0.5, 0.6) is 17.2 Å². The van der Waals surface area contributed by atoms with Crippen LogP contribution in [0.25, 0.3) is 10.2 Å². The quantitative estimate of drug-likeness (QED) is 0.560. The number of thioether (sulfide) groups is 1. The van der Waals surface area contributed by atoms with Crippen molar-refractivity contribution in [3.05, 3.63) is 36.4 Å². The van der Waals surface area contributed by atoms with E-state index in [1.807, 2.05) is 30.3 Å². The number of ether oxygens (including phenoxy) is 3. The number of hydrogen-bond acceptors (Lipinski definition) is 7. The molecule has 1 heterocycles. The summed E-state index contributed by atoms with van der Waals surface area (Å²) < 4.78 is 16.7. The van der Waals surface area contributed by atoms with E-state index in [9.17, 15) is 4.79 Å². The Hall–Kier alpha value is -2.45. The molecule has 0 unspecified atom stereocenters. The molecule has 2 aromatic carbocycles. The van der Waals surface area contributed by atoms with Gasteiger partial charge in [0.1, 0.15) is 27.5 Å². The Morgan fingerprint density at radius 1 is 1.04 bits per heavy atom. The topological polar surface area (TPSA) is 69.7 Å². The lowest BCUT2D eigenvalue weighted by atomic mass is 10.3. The van der Waals surface area contributed by atoms with Crippen molar-refractivity contribution >= 4 is 44.4 Å². The van der Waals surface area contributed by atoms with Crippen molar-refractivity contribution in [2.45, 2.75) is 11.3 Å². The summed E-state index contributed by atoms with van der Waals surface area (Å²) in [4.78, 5) is 17.8. The zero-order valence-electron chi connectivity index (χ0n) is 15.3. The molecule has 0 aliphatic heterocycles. The maximum absolute atomic E-state index is 12.2. The van der Waals surface area contributed by atoms with Crippen molar-refractivity contribution in [1.29, 1.82) is 0 Å². The van der Waals surface area contributed by atoms with Gasteiger partial charge in [-0.05, 0) is 36.4 Å². The molecule has 0 saturated carbocycles. The van der Waals surface area contributed by atoms with Crippen LogP contribution in [0.4, 0.5) is 5.13 Å². The highest BCUT2D eigenvalue weighted by atomic mass is 32.2. The van der Waals surface area contributed by atoms with E-state index in [0.29, 0.717) is 34.3 Å². The van der Waals surface area contributed by atoms with Crippen LogP contribution >= 0.6 is 23.1 Å². The molecule has 1 N–H and O–H groups in total. The van der Waals surface area contributed by atoms with Crippen molar-refractivity contribution in [3.63, 3.8) is 0 Å². The molecular formula is C19H20N2O4S2. The number of amides is 1. The molecule has 0 aliphatic rings. The van der Waals surface area contributed by atoms with Gasteiger partial charge in [0, 0.05) is 17.1 Å². The summed E-state index contributed by atoms with van der Waals surface area (Å²) in [5.41, 5.74) is 0.685. The summed E-state index contributed by atoms with van der Waals surface area (Å²) in [5, 5.41) is 3.40. The normalized spacial score (nSPS) is 10.6. The molecule has 3 aromatic rings. The highest BCUT2D eigenvalue weighted by Gasteiger charge is 2.15. The van der Waals surface area contributed by atoms with E-state index in [1.165, 1.54) is 11.3 Å². The van der Waals surface area contributed by atoms with Crippen molar-refractivity contribution < 1.29 is 19.0 Å². The second kappa shape index (κ2) is 8.96. The summed E-state index contributed by atoms with van der Waals surface area (Å²) >= 11 is 2.99. The number of rotatable bonds is 8. The monoisotopic (exact) mass is 404 g/mol. The lowest BCUT2D eigenvalue weighted by Gasteiger charge is -2.04. The molecule has 0 spiro atoms. The smallest absolute Gasteiger partial charge is 0.226 e. The number of nitrogens with zero attached hydrogens (tertiary/aromatic N) is 1. The second-order valence-corrected chi connectivity index (χ2v) is 7.66. The standard InChI is InChI=1S/C19H20N2O4S2/c1-23-12-4-6-13(7-5-12)26-11-10-16(22)20-19-21-17-14(24-2)8-9-15(25-3)18(17)27-19/h4-9H,10-11H2,1-3H3,(H,20,21,22). The van der Waals surface area contributed by atoms with Gasteiger partial charge in [-0.15, -0.1) is 11.8 Å². The maximum atomic E-state index is 12.2. The number of fused-ring (bicyclic) bond motifs is 1. The Morgan fingerprint density at radius 2 is 1.74 bits per heavy atom. The molecule has 0 saturated heterocycles. The minimum absolute atomic E-state index is 0.0759. The molecule has 0 atom stereocenters. The molecular weight excluding hydrogens is 384 g/mol. The van der Waals surface area contributed by atoms with Gasteiger partial charge < -0.3 is 19.5 Å². The minimum Gasteiger partial charge on any atom is -0.497 e. The van der Waals surface area contributed by atoms with Gasteiger partial charge in [0.05, 0.1) is 21.3 Å². The third-order valence-electron chi connectivity index (χ3n) is 3.81. The first-order valence-electron chi connectivity index (χ1n) is 8.23. The molecule has 0 aliphatic carbocycles. The number of aromatic nitrogens is 1. The number of hydrogen-bond donors (Lipinski definition) is 1. The third kappa shape index (κ3) is 4.64. The largest absolute Gasteiger partial charge is 0.497 e. The predicted molar refractivity (Wildman–Crippen MR) is 110 cm³/mol. The molecule has 8 heteroatoms. The average molecular weight is 405 g/mol. The highest BCUT2D eigenvalue weighted by Crippen LogP contribution is 2.38. The molecule has 3 rings (SSSR count). The van der Waals surface area contributed by atoms with Gasteiger partial charge in [0.2, 0.25) is 5.91 Å². The Labute approximate surface area is 165 Å². The summed E-state index contributed by atoms with van der Waals surface area (Å²) in [5.74, 6) is 2.78. The van der Waals surface area contributed by atoms with E-state index in [2.05, 4.69) is 10.3 Å². The molecule has 6 nitrogen and oxygen atoms in total. The van der Waals surface area contributed by atoms with E-state index in [-0.39, 0.29) is 5.91 Å². The Morgan fingerprint density at radius 3 is 2.41 bits per heavy atom. The average Bonchev–Trinajstić information content (AvgIpc) is 3.11. The predicted octanol–water partition coefficient (Wildman–Crippen LogP) is 4.44. The second-order valence-electron chi connectivity index (χ2n) is 5.49. The fourth-order valence-corrected chi connectivity index (χ4v) is 4.30. The lowest BCUT2D eigenvalue weighted by Crippen LogP contribution is -2.11. The van der Waals surface area contributed by atoms with E-state index < -0.39 is 0 Å². The van der Waals surface area contributed by atoms with Crippen LogP contribution in [0.1, 0.15) is 6.42 Å². The van der Waals surface area contributed by atoms with Crippen LogP contribution in [0.2, 0.25) is 0 Å². The van der Waals surface area contributed by atoms with E-state index in [0.717, 1.165) is 15.3 Å². The first-order valence-corrected chi connectivity index (χ1v) is 10.0. The zero-order valence-corrected chi connectivity index (χ0v) is 16.9. The molecule has 27 heavy (non-hydrogen) atoms. The van der Waals surface area contributed by atoms with Crippen molar-refractivity contribution in [1.82, 2.24) is 4.98 Å². The summed E-state index contributed by atoms with van der Waals surface area (Å²) in [6, 6.07) is 11.4. The molecule has 0 fully saturated rings. The van der Waals surface area contributed by atoms with Crippen molar-refractivity contribution in [2.24, 2.45) is 0 Å². The van der Waals surface area contributed by atoms with Gasteiger partial charge in [-0.3, -0.25) is 4.79 Å². The number of nitrogens with one attached hydrogen (secondary N) is 1. The van der Waals surface area contributed by atoms with Crippen LogP contribution in [0.3, 0.4) is 0 Å². The molecule has 0 bridgehead atoms. The number of anilines is 1. The summed E-state index contributed by atoms with van der Waals surface area (Å²) in [6.45, 7) is 0. The Bertz CT molecular complexity index is 884. The van der Waals surface area contributed by atoms with E-state index in [4.69, 9.17) is 14.2 Å². The van der Waals surface area contributed by atoms with Crippen LogP contribution in [-0.4, -0.2) is 38.0 Å². The van der Waals surface area contributed by atoms with Crippen LogP contribution in [0.15, 0.2) is 41.3 Å². The van der Waals surface area contributed by atoms with Gasteiger partial charge in [-0.25, -0.2) is 4.98 Å². The minimum atomic E-state index is -0.0759. The van der Waals surface area contributed by atoms with Gasteiger partial charge in [0.15, 0.2) is 5.13 Å². The Balaban J connectivity index is 1.60. The zero-order chi connectivity index (χ0) is 19.2. The molecule has 142 valence electrons. The molecule has 0 radical (unpaired) electrons. The van der Waals surface area contributed by atoms with E-state index >= 15 is 0 Å². The fourth-order valence-electron chi connectivity index (χ4n) is 2.45. The maximum Gasteiger partial charge on any atom is 0.226 e. The van der Waals surface area contributed by atoms with Gasteiger partial charge in [0.25, 0.3) is 0 Å². The van der Waals surface area contributed by atoms with E-state index in [1.54, 1.807) is 39.2 Å². The number of methoxy groups -OCH3 is 3. The number of carbonyl (C=O) groups excluding carboxylic acids is 1. The molecule has 1 amide bonds. The van der Waals surface area contributed by atoms with Crippen molar-refractivity contribution in [3.8, 4) is 17.2 Å². The van der Waals surface area contributed by atoms with Gasteiger partial charge in [-0.1, -0.05) is 11.3 Å². The number of benzene rings is 2. The van der Waals surface area contributed by atoms with Gasteiger partial charge in [-0.2, -0.15) is 0 Å². The van der Waals surface area contributed by atoms with Crippen LogP contribution in [0, 0.1) is 0 Å². The summed E-state index contributed by atoms with van der Waals surface area (Å²) in [7, 11) is 4.84. The number of carbonyl (C=O) groups is 1. The third-order valence-corrected chi connectivity index (χ3v) is 5.81. The summed E-state index contributed by atoms with van der Waals surface area (Å²) in [6.07, 6.45) is 0.390. The van der Waals surface area contributed by atoms with Gasteiger partial charge >= 0.3 is 0 Å².